The van der Waals surface area contributed by atoms with E-state index in [-0.39, 0.29) is 5.91 Å². The van der Waals surface area contributed by atoms with Crippen LogP contribution in [-0.2, 0) is 0 Å². The molecule has 0 aliphatic heterocycles. The van der Waals surface area contributed by atoms with Gasteiger partial charge in [0.2, 0.25) is 0 Å². The molecule has 1 heterocycles. The molecule has 0 bridgehead atoms. The highest BCUT2D eigenvalue weighted by atomic mass is 16.5. The lowest BCUT2D eigenvalue weighted by Crippen LogP contribution is -2.24. The molecular weight excluding hydrogens is 294 g/mol. The maximum Gasteiger partial charge on any atom is 0.269 e. The Bertz CT molecular complexity index is 674. The maximum atomic E-state index is 12.0. The molecule has 1 aromatic carbocycles. The minimum atomic E-state index is -0.178. The summed E-state index contributed by atoms with van der Waals surface area (Å²) in [7, 11) is 3.18. The number of nitrogens with zero attached hydrogens (tertiary/aromatic N) is 1. The molecule has 0 aliphatic carbocycles. The molecule has 1 aromatic heterocycles. The summed E-state index contributed by atoms with van der Waals surface area (Å²) in [6.07, 6.45) is 2.49. The lowest BCUT2D eigenvalue weighted by atomic mass is 10.2. The number of benzene rings is 1. The van der Waals surface area contributed by atoms with E-state index >= 15 is 0 Å². The van der Waals surface area contributed by atoms with E-state index in [1.807, 2.05) is 25.1 Å². The molecule has 0 saturated carbocycles. The first kappa shape index (κ1) is 16.6. The van der Waals surface area contributed by atoms with Gasteiger partial charge in [0.05, 0.1) is 14.2 Å². The molecule has 0 radical (unpaired) electrons. The summed E-state index contributed by atoms with van der Waals surface area (Å²) >= 11 is 0. The van der Waals surface area contributed by atoms with Crippen molar-refractivity contribution in [3.05, 3.63) is 42.2 Å². The first-order valence-electron chi connectivity index (χ1n) is 7.41. The van der Waals surface area contributed by atoms with Crippen molar-refractivity contribution in [3.8, 4) is 11.5 Å². The Hall–Kier alpha value is -2.76. The quantitative estimate of drug-likeness (QED) is 0.822. The summed E-state index contributed by atoms with van der Waals surface area (Å²) in [6, 6.07) is 9.03. The van der Waals surface area contributed by atoms with Crippen LogP contribution in [0.15, 0.2) is 36.5 Å². The van der Waals surface area contributed by atoms with Crippen molar-refractivity contribution in [2.75, 3.05) is 26.1 Å². The summed E-state index contributed by atoms with van der Waals surface area (Å²) in [6.45, 7) is 2.64. The van der Waals surface area contributed by atoms with Crippen molar-refractivity contribution in [2.24, 2.45) is 0 Å². The number of rotatable bonds is 7. The number of carbonyl (C=O) groups is 1. The fourth-order valence-electron chi connectivity index (χ4n) is 2.04. The van der Waals surface area contributed by atoms with Crippen molar-refractivity contribution in [2.45, 2.75) is 13.3 Å². The molecular formula is C17H21N3O3. The van der Waals surface area contributed by atoms with E-state index in [0.29, 0.717) is 23.7 Å². The van der Waals surface area contributed by atoms with Crippen LogP contribution in [0.25, 0.3) is 0 Å². The molecule has 0 unspecified atom stereocenters. The van der Waals surface area contributed by atoms with Gasteiger partial charge < -0.3 is 20.1 Å². The monoisotopic (exact) mass is 315 g/mol. The second kappa shape index (κ2) is 8.03. The zero-order valence-corrected chi connectivity index (χ0v) is 13.6. The van der Waals surface area contributed by atoms with Gasteiger partial charge in [0.1, 0.15) is 5.69 Å². The number of amides is 1. The number of hydrogen-bond acceptors (Lipinski definition) is 5. The van der Waals surface area contributed by atoms with Crippen molar-refractivity contribution in [1.82, 2.24) is 10.3 Å². The molecule has 2 N–H and O–H groups in total. The normalized spacial score (nSPS) is 10.0. The first-order chi connectivity index (χ1) is 11.2. The van der Waals surface area contributed by atoms with E-state index in [4.69, 9.17) is 9.47 Å². The first-order valence-corrected chi connectivity index (χ1v) is 7.41. The molecule has 0 atom stereocenters. The second-order valence-corrected chi connectivity index (χ2v) is 4.88. The fraction of sp³-hybridized carbons (Fsp3) is 0.294. The minimum Gasteiger partial charge on any atom is -0.493 e. The van der Waals surface area contributed by atoms with E-state index in [0.717, 1.165) is 17.8 Å². The minimum absolute atomic E-state index is 0.178. The van der Waals surface area contributed by atoms with Crippen LogP contribution < -0.4 is 20.1 Å². The Morgan fingerprint density at radius 2 is 1.83 bits per heavy atom. The zero-order valence-electron chi connectivity index (χ0n) is 13.6. The van der Waals surface area contributed by atoms with Crippen molar-refractivity contribution < 1.29 is 14.3 Å². The molecule has 0 saturated heterocycles. The number of ether oxygens (including phenoxy) is 2. The highest BCUT2D eigenvalue weighted by Crippen LogP contribution is 2.31. The third-order valence-electron chi connectivity index (χ3n) is 3.20. The molecule has 23 heavy (non-hydrogen) atoms. The van der Waals surface area contributed by atoms with E-state index < -0.39 is 0 Å². The van der Waals surface area contributed by atoms with Gasteiger partial charge in [-0.3, -0.25) is 9.78 Å². The van der Waals surface area contributed by atoms with Gasteiger partial charge in [0.25, 0.3) is 5.91 Å². The molecule has 2 rings (SSSR count). The van der Waals surface area contributed by atoms with Crippen LogP contribution in [0.3, 0.4) is 0 Å². The Labute approximate surface area is 135 Å². The molecule has 0 spiro atoms. The number of hydrogen-bond donors (Lipinski definition) is 2. The number of anilines is 2. The van der Waals surface area contributed by atoms with Crippen LogP contribution in [0.4, 0.5) is 11.4 Å². The van der Waals surface area contributed by atoms with Crippen molar-refractivity contribution >= 4 is 17.3 Å². The lowest BCUT2D eigenvalue weighted by Gasteiger charge is -2.12. The summed E-state index contributed by atoms with van der Waals surface area (Å²) in [4.78, 5) is 16.1. The van der Waals surface area contributed by atoms with Gasteiger partial charge in [0, 0.05) is 30.2 Å². The van der Waals surface area contributed by atoms with Gasteiger partial charge in [-0.25, -0.2) is 0 Å². The van der Waals surface area contributed by atoms with Gasteiger partial charge in [-0.05, 0) is 30.7 Å². The third kappa shape index (κ3) is 4.35. The van der Waals surface area contributed by atoms with Crippen molar-refractivity contribution in [3.63, 3.8) is 0 Å². The summed E-state index contributed by atoms with van der Waals surface area (Å²) < 4.78 is 10.5. The Balaban J connectivity index is 2.15. The summed E-state index contributed by atoms with van der Waals surface area (Å²) in [5.74, 6) is 1.11. The standard InChI is InChI=1S/C17H21N3O3/c1-4-8-19-17(21)14-10-13(7-9-18-14)20-12-5-6-15(22-2)16(11-12)23-3/h5-7,9-11H,4,8H2,1-3H3,(H,18,20)(H,19,21). The molecule has 0 aliphatic rings. The number of aromatic nitrogens is 1. The molecule has 6 heteroatoms. The Morgan fingerprint density at radius 1 is 1.09 bits per heavy atom. The third-order valence-corrected chi connectivity index (χ3v) is 3.20. The van der Waals surface area contributed by atoms with Gasteiger partial charge >= 0.3 is 0 Å². The van der Waals surface area contributed by atoms with Crippen LogP contribution in [0.2, 0.25) is 0 Å². The smallest absolute Gasteiger partial charge is 0.269 e. The largest absolute Gasteiger partial charge is 0.493 e. The van der Waals surface area contributed by atoms with E-state index in [2.05, 4.69) is 15.6 Å². The van der Waals surface area contributed by atoms with Crippen LogP contribution >= 0.6 is 0 Å². The lowest BCUT2D eigenvalue weighted by molar-refractivity contribution is 0.0948. The molecule has 1 amide bonds. The molecule has 0 fully saturated rings. The van der Waals surface area contributed by atoms with Crippen LogP contribution in [-0.4, -0.2) is 31.7 Å². The van der Waals surface area contributed by atoms with Gasteiger partial charge in [0.15, 0.2) is 11.5 Å². The number of methoxy groups -OCH3 is 2. The van der Waals surface area contributed by atoms with Gasteiger partial charge in [-0.15, -0.1) is 0 Å². The highest BCUT2D eigenvalue weighted by molar-refractivity contribution is 5.93. The number of nitrogens with one attached hydrogen (secondary N) is 2. The summed E-state index contributed by atoms with van der Waals surface area (Å²) in [5.41, 5.74) is 1.98. The topological polar surface area (TPSA) is 72.5 Å². The molecule has 6 nitrogen and oxygen atoms in total. The van der Waals surface area contributed by atoms with Crippen LogP contribution in [0.1, 0.15) is 23.8 Å². The van der Waals surface area contributed by atoms with E-state index in [9.17, 15) is 4.79 Å². The van der Waals surface area contributed by atoms with Crippen LogP contribution in [0, 0.1) is 0 Å². The average Bonchev–Trinajstić information content (AvgIpc) is 2.59. The number of pyridine rings is 1. The molecule has 122 valence electrons. The van der Waals surface area contributed by atoms with Gasteiger partial charge in [-0.1, -0.05) is 6.92 Å². The average molecular weight is 315 g/mol. The van der Waals surface area contributed by atoms with E-state index in [1.54, 1.807) is 32.5 Å². The Kier molecular flexibility index (Phi) is 5.80. The predicted octanol–water partition coefficient (Wildman–Crippen LogP) is 2.98. The second-order valence-electron chi connectivity index (χ2n) is 4.88. The zero-order chi connectivity index (χ0) is 16.7. The highest BCUT2D eigenvalue weighted by Gasteiger charge is 2.08. The van der Waals surface area contributed by atoms with Crippen molar-refractivity contribution in [1.29, 1.82) is 0 Å². The predicted molar refractivity (Wildman–Crippen MR) is 89.7 cm³/mol. The number of carbonyl (C=O) groups excluding carboxylic acids is 1. The SMILES string of the molecule is CCCNC(=O)c1cc(Nc2ccc(OC)c(OC)c2)ccn1. The fourth-order valence-corrected chi connectivity index (χ4v) is 2.04. The van der Waals surface area contributed by atoms with E-state index in [1.165, 1.54) is 0 Å². The summed E-state index contributed by atoms with van der Waals surface area (Å²) in [5, 5.41) is 6.03. The maximum absolute atomic E-state index is 12.0. The Morgan fingerprint density at radius 3 is 2.52 bits per heavy atom. The van der Waals surface area contributed by atoms with Crippen LogP contribution in [0.5, 0.6) is 11.5 Å². The molecule has 2 aromatic rings. The van der Waals surface area contributed by atoms with Gasteiger partial charge in [-0.2, -0.15) is 0 Å².